The van der Waals surface area contributed by atoms with Gasteiger partial charge in [-0.15, -0.1) is 0 Å². The van der Waals surface area contributed by atoms with Crippen LogP contribution in [0.2, 0.25) is 0 Å². The van der Waals surface area contributed by atoms with Crippen LogP contribution in [0.1, 0.15) is 32.8 Å². The van der Waals surface area contributed by atoms with Crippen LogP contribution in [0.5, 0.6) is 5.75 Å². The summed E-state index contributed by atoms with van der Waals surface area (Å²) in [4.78, 5) is 0. The summed E-state index contributed by atoms with van der Waals surface area (Å²) in [5.41, 5.74) is 0.542. The molecule has 3 nitrogen and oxygen atoms in total. The zero-order valence-electron chi connectivity index (χ0n) is 11.0. The standard InChI is InChI=1S/C14H23NO2/c1-4-14(3,16)11-15-10-12-7-6-8-13(9-12)17-5-2/h6-9,15-16H,4-5,10-11H2,1-3H3. The molecule has 0 fully saturated rings. The second-order valence-electron chi connectivity index (χ2n) is 4.53. The summed E-state index contributed by atoms with van der Waals surface area (Å²) < 4.78 is 5.44. The first-order chi connectivity index (χ1) is 8.07. The highest BCUT2D eigenvalue weighted by atomic mass is 16.5. The highest BCUT2D eigenvalue weighted by Gasteiger charge is 2.16. The van der Waals surface area contributed by atoms with Crippen molar-refractivity contribution in [3.63, 3.8) is 0 Å². The van der Waals surface area contributed by atoms with Gasteiger partial charge in [-0.05, 0) is 38.0 Å². The molecule has 0 saturated carbocycles. The number of rotatable bonds is 7. The Morgan fingerprint density at radius 2 is 2.12 bits per heavy atom. The minimum absolute atomic E-state index is 0.600. The van der Waals surface area contributed by atoms with Crippen LogP contribution >= 0.6 is 0 Å². The topological polar surface area (TPSA) is 41.5 Å². The van der Waals surface area contributed by atoms with Gasteiger partial charge in [0.2, 0.25) is 0 Å². The Hall–Kier alpha value is -1.06. The molecule has 0 bridgehead atoms. The minimum Gasteiger partial charge on any atom is -0.494 e. The van der Waals surface area contributed by atoms with Crippen molar-refractivity contribution >= 4 is 0 Å². The van der Waals surface area contributed by atoms with Gasteiger partial charge in [-0.25, -0.2) is 0 Å². The number of hydrogen-bond donors (Lipinski definition) is 2. The third-order valence-corrected chi connectivity index (χ3v) is 2.81. The fraction of sp³-hybridized carbons (Fsp3) is 0.571. The summed E-state index contributed by atoms with van der Waals surface area (Å²) >= 11 is 0. The monoisotopic (exact) mass is 237 g/mol. The summed E-state index contributed by atoms with van der Waals surface area (Å²) in [6, 6.07) is 8.02. The van der Waals surface area contributed by atoms with Gasteiger partial charge in [0.1, 0.15) is 5.75 Å². The smallest absolute Gasteiger partial charge is 0.119 e. The van der Waals surface area contributed by atoms with E-state index in [1.165, 1.54) is 5.56 Å². The molecule has 96 valence electrons. The average Bonchev–Trinajstić information content (AvgIpc) is 2.30. The maximum atomic E-state index is 9.85. The lowest BCUT2D eigenvalue weighted by molar-refractivity contribution is 0.0555. The maximum Gasteiger partial charge on any atom is 0.119 e. The molecule has 0 amide bonds. The summed E-state index contributed by atoms with van der Waals surface area (Å²) in [7, 11) is 0. The minimum atomic E-state index is -0.627. The molecule has 0 aromatic heterocycles. The van der Waals surface area contributed by atoms with Crippen LogP contribution < -0.4 is 10.1 Å². The zero-order valence-corrected chi connectivity index (χ0v) is 11.0. The van der Waals surface area contributed by atoms with E-state index in [9.17, 15) is 5.11 Å². The highest BCUT2D eigenvalue weighted by molar-refractivity contribution is 5.28. The largest absolute Gasteiger partial charge is 0.494 e. The Morgan fingerprint density at radius 3 is 2.76 bits per heavy atom. The predicted molar refractivity (Wildman–Crippen MR) is 70.2 cm³/mol. The van der Waals surface area contributed by atoms with E-state index in [2.05, 4.69) is 11.4 Å². The number of nitrogens with one attached hydrogen (secondary N) is 1. The first-order valence-corrected chi connectivity index (χ1v) is 6.22. The van der Waals surface area contributed by atoms with Gasteiger partial charge in [0.15, 0.2) is 0 Å². The van der Waals surface area contributed by atoms with E-state index in [0.717, 1.165) is 18.7 Å². The van der Waals surface area contributed by atoms with Crippen molar-refractivity contribution in [3.8, 4) is 5.75 Å². The van der Waals surface area contributed by atoms with E-state index in [1.807, 2.05) is 39.0 Å². The molecule has 17 heavy (non-hydrogen) atoms. The molecule has 1 rings (SSSR count). The zero-order chi connectivity index (χ0) is 12.7. The summed E-state index contributed by atoms with van der Waals surface area (Å²) in [5.74, 6) is 0.897. The first kappa shape index (κ1) is 14.0. The summed E-state index contributed by atoms with van der Waals surface area (Å²) in [6.45, 7) is 7.83. The van der Waals surface area contributed by atoms with Crippen LogP contribution in [0.15, 0.2) is 24.3 Å². The predicted octanol–water partition coefficient (Wildman–Crippen LogP) is 2.34. The van der Waals surface area contributed by atoms with Gasteiger partial charge in [0.05, 0.1) is 12.2 Å². The van der Waals surface area contributed by atoms with Crippen molar-refractivity contribution in [3.05, 3.63) is 29.8 Å². The van der Waals surface area contributed by atoms with E-state index in [4.69, 9.17) is 4.74 Å². The molecule has 0 aliphatic rings. The van der Waals surface area contributed by atoms with Crippen LogP contribution in [0, 0.1) is 0 Å². The van der Waals surface area contributed by atoms with E-state index in [1.54, 1.807) is 0 Å². The third-order valence-electron chi connectivity index (χ3n) is 2.81. The molecule has 3 heteroatoms. The lowest BCUT2D eigenvalue weighted by Crippen LogP contribution is -2.36. The molecule has 0 aliphatic heterocycles. The van der Waals surface area contributed by atoms with Crippen molar-refractivity contribution in [1.29, 1.82) is 0 Å². The van der Waals surface area contributed by atoms with Crippen LogP contribution in [0.4, 0.5) is 0 Å². The number of ether oxygens (including phenoxy) is 1. The molecule has 1 aromatic rings. The number of hydrogen-bond acceptors (Lipinski definition) is 3. The van der Waals surface area contributed by atoms with Crippen molar-refractivity contribution < 1.29 is 9.84 Å². The molecule has 0 saturated heterocycles. The third kappa shape index (κ3) is 5.20. The van der Waals surface area contributed by atoms with Crippen LogP contribution in [0.3, 0.4) is 0 Å². The fourth-order valence-corrected chi connectivity index (χ4v) is 1.51. The molecule has 1 unspecified atom stereocenters. The quantitative estimate of drug-likeness (QED) is 0.765. The summed E-state index contributed by atoms with van der Waals surface area (Å²) in [6.07, 6.45) is 0.749. The van der Waals surface area contributed by atoms with Crippen molar-refractivity contribution in [2.24, 2.45) is 0 Å². The number of aliphatic hydroxyl groups is 1. The second-order valence-corrected chi connectivity index (χ2v) is 4.53. The van der Waals surface area contributed by atoms with Gasteiger partial charge in [-0.1, -0.05) is 19.1 Å². The second kappa shape index (κ2) is 6.62. The molecule has 0 spiro atoms. The van der Waals surface area contributed by atoms with Gasteiger partial charge >= 0.3 is 0 Å². The molecular weight excluding hydrogens is 214 g/mol. The Labute approximate surface area is 104 Å². The maximum absolute atomic E-state index is 9.85. The van der Waals surface area contributed by atoms with Gasteiger partial charge in [-0.2, -0.15) is 0 Å². The van der Waals surface area contributed by atoms with Crippen molar-refractivity contribution in [2.45, 2.75) is 39.3 Å². The molecule has 2 N–H and O–H groups in total. The van der Waals surface area contributed by atoms with Crippen molar-refractivity contribution in [2.75, 3.05) is 13.2 Å². The van der Waals surface area contributed by atoms with E-state index >= 15 is 0 Å². The Balaban J connectivity index is 2.44. The molecule has 0 aliphatic carbocycles. The first-order valence-electron chi connectivity index (χ1n) is 6.22. The molecule has 0 radical (unpaired) electrons. The average molecular weight is 237 g/mol. The lowest BCUT2D eigenvalue weighted by Gasteiger charge is -2.21. The molecule has 1 atom stereocenters. The van der Waals surface area contributed by atoms with E-state index < -0.39 is 5.60 Å². The number of benzene rings is 1. The Bertz CT molecular complexity index is 337. The normalized spacial score (nSPS) is 14.4. The van der Waals surface area contributed by atoms with Gasteiger partial charge in [-0.3, -0.25) is 0 Å². The Morgan fingerprint density at radius 1 is 1.35 bits per heavy atom. The van der Waals surface area contributed by atoms with E-state index in [-0.39, 0.29) is 0 Å². The Kier molecular flexibility index (Phi) is 5.45. The van der Waals surface area contributed by atoms with Gasteiger partial charge < -0.3 is 15.2 Å². The van der Waals surface area contributed by atoms with Crippen LogP contribution in [-0.4, -0.2) is 23.9 Å². The highest BCUT2D eigenvalue weighted by Crippen LogP contribution is 2.13. The molecule has 0 heterocycles. The van der Waals surface area contributed by atoms with Gasteiger partial charge in [0, 0.05) is 13.1 Å². The van der Waals surface area contributed by atoms with Crippen molar-refractivity contribution in [1.82, 2.24) is 5.32 Å². The summed E-state index contributed by atoms with van der Waals surface area (Å²) in [5, 5.41) is 13.1. The fourth-order valence-electron chi connectivity index (χ4n) is 1.51. The molecular formula is C14H23NO2. The lowest BCUT2D eigenvalue weighted by atomic mass is 10.0. The van der Waals surface area contributed by atoms with Crippen LogP contribution in [-0.2, 0) is 6.54 Å². The van der Waals surface area contributed by atoms with Gasteiger partial charge in [0.25, 0.3) is 0 Å². The van der Waals surface area contributed by atoms with Crippen LogP contribution in [0.25, 0.3) is 0 Å². The SMILES string of the molecule is CCOc1cccc(CNCC(C)(O)CC)c1. The van der Waals surface area contributed by atoms with E-state index in [0.29, 0.717) is 13.2 Å². The molecule has 1 aromatic carbocycles.